The molecule has 0 heterocycles. The number of ether oxygens (including phenoxy) is 2. The van der Waals surface area contributed by atoms with Gasteiger partial charge in [0.05, 0.1) is 14.4 Å². The number of phosphoric acid groups is 1. The summed E-state index contributed by atoms with van der Waals surface area (Å²) in [6, 6.07) is 0. The van der Waals surface area contributed by atoms with Crippen molar-refractivity contribution in [2.45, 2.75) is 161 Å². The number of unbranched alkanes of at least 4 members (excludes halogenated alkanes) is 18. The molecule has 1 N–H and O–H groups in total. The first-order valence-corrected chi connectivity index (χ1v) is 17.9. The minimum absolute atomic E-state index is 0. The van der Waals surface area contributed by atoms with Crippen molar-refractivity contribution in [3.8, 4) is 0 Å². The minimum atomic E-state index is -5.25. The summed E-state index contributed by atoms with van der Waals surface area (Å²) in [5.74, 6) is -0.987. The van der Waals surface area contributed by atoms with Gasteiger partial charge in [-0.2, -0.15) is 0 Å². The van der Waals surface area contributed by atoms with Gasteiger partial charge in [-0.15, -0.1) is 0 Å². The smallest absolute Gasteiger partial charge is 0.790 e. The summed E-state index contributed by atoms with van der Waals surface area (Å²) >= 11 is 0. The quantitative estimate of drug-likeness (QED) is 0.0485. The van der Waals surface area contributed by atoms with Crippen LogP contribution in [0.2, 0.25) is 0 Å². The molecule has 0 aromatic heterocycles. The predicted octanol–water partition coefficient (Wildman–Crippen LogP) is 0.0329. The molecule has 1 atom stereocenters. The third kappa shape index (κ3) is 38.7. The first-order chi connectivity index (χ1) is 20.1. The van der Waals surface area contributed by atoms with Crippen LogP contribution >= 0.6 is 7.82 Å². The minimum Gasteiger partial charge on any atom is -0.790 e. The van der Waals surface area contributed by atoms with Gasteiger partial charge in [0, 0.05) is 26.3 Å². The summed E-state index contributed by atoms with van der Waals surface area (Å²) in [7, 11) is -5.25. The van der Waals surface area contributed by atoms with Crippen LogP contribution in [0.4, 0.5) is 0 Å². The van der Waals surface area contributed by atoms with Crippen LogP contribution in [0.1, 0.15) is 155 Å². The SMILES string of the molecule is CCCCCCCCCCCCCC(=O)O[C@H](COC(=O)CCCCCCCCCCCNC(C)=O)COP(=O)([O-])[O-].[Na+].[Na+]. The molecular formula is C31H58NNa2O9P. The maximum Gasteiger partial charge on any atom is 1.00 e. The fraction of sp³-hybridized carbons (Fsp3) is 0.903. The van der Waals surface area contributed by atoms with Gasteiger partial charge < -0.3 is 33.7 Å². The van der Waals surface area contributed by atoms with Crippen LogP contribution in [-0.2, 0) is 32.9 Å². The second-order valence-corrected chi connectivity index (χ2v) is 12.4. The predicted molar refractivity (Wildman–Crippen MR) is 160 cm³/mol. The zero-order chi connectivity index (χ0) is 31.3. The largest absolute Gasteiger partial charge is 1.00 e. The summed E-state index contributed by atoms with van der Waals surface area (Å²) in [5, 5.41) is 2.79. The number of carbonyl (C=O) groups excluding carboxylic acids is 3. The van der Waals surface area contributed by atoms with E-state index in [2.05, 4.69) is 16.8 Å². The van der Waals surface area contributed by atoms with E-state index in [1.807, 2.05) is 0 Å². The Morgan fingerprint density at radius 3 is 1.48 bits per heavy atom. The van der Waals surface area contributed by atoms with Crippen molar-refractivity contribution in [1.82, 2.24) is 5.32 Å². The summed E-state index contributed by atoms with van der Waals surface area (Å²) in [6.07, 6.45) is 21.1. The molecule has 248 valence electrons. The summed E-state index contributed by atoms with van der Waals surface area (Å²) in [5.41, 5.74) is 0. The van der Waals surface area contributed by atoms with Crippen LogP contribution in [0.25, 0.3) is 0 Å². The Balaban J connectivity index is -0.00000840. The third-order valence-corrected chi connectivity index (χ3v) is 7.53. The average Bonchev–Trinajstić information content (AvgIpc) is 2.93. The number of esters is 2. The van der Waals surface area contributed by atoms with Crippen LogP contribution in [0.3, 0.4) is 0 Å². The maximum atomic E-state index is 12.2. The normalized spacial score (nSPS) is 11.6. The van der Waals surface area contributed by atoms with E-state index in [1.165, 1.54) is 51.9 Å². The molecule has 0 rings (SSSR count). The Labute approximate surface area is 311 Å². The topological polar surface area (TPSA) is 154 Å². The molecule has 0 aliphatic rings. The molecule has 0 fully saturated rings. The monoisotopic (exact) mass is 665 g/mol. The van der Waals surface area contributed by atoms with Gasteiger partial charge >= 0.3 is 71.1 Å². The Morgan fingerprint density at radius 2 is 1.05 bits per heavy atom. The number of rotatable bonds is 30. The molecule has 0 saturated heterocycles. The molecule has 0 saturated carbocycles. The van der Waals surface area contributed by atoms with E-state index in [0.717, 1.165) is 77.2 Å². The van der Waals surface area contributed by atoms with Gasteiger partial charge in [0.25, 0.3) is 0 Å². The van der Waals surface area contributed by atoms with Crippen molar-refractivity contribution in [1.29, 1.82) is 0 Å². The van der Waals surface area contributed by atoms with Gasteiger partial charge in [0.2, 0.25) is 5.91 Å². The van der Waals surface area contributed by atoms with Crippen LogP contribution in [0, 0.1) is 0 Å². The Morgan fingerprint density at radius 1 is 0.636 bits per heavy atom. The zero-order valence-electron chi connectivity index (χ0n) is 28.4. The van der Waals surface area contributed by atoms with Crippen molar-refractivity contribution in [2.75, 3.05) is 19.8 Å². The van der Waals surface area contributed by atoms with E-state index < -0.39 is 32.5 Å². The molecule has 0 aromatic carbocycles. The van der Waals surface area contributed by atoms with Crippen molar-refractivity contribution < 1.29 is 102 Å². The molecule has 0 radical (unpaired) electrons. The van der Waals surface area contributed by atoms with Gasteiger partial charge in [-0.05, 0) is 19.3 Å². The number of hydrogen-bond donors (Lipinski definition) is 1. The second-order valence-electron chi connectivity index (χ2n) is 11.2. The van der Waals surface area contributed by atoms with E-state index in [0.29, 0.717) is 12.8 Å². The number of hydrogen-bond acceptors (Lipinski definition) is 9. The Bertz CT molecular complexity index is 741. The Hall–Kier alpha value is 0.520. The summed E-state index contributed by atoms with van der Waals surface area (Å²) in [4.78, 5) is 56.9. The van der Waals surface area contributed by atoms with E-state index in [-0.39, 0.29) is 84.5 Å². The second kappa shape index (κ2) is 34.8. The molecule has 10 nitrogen and oxygen atoms in total. The third-order valence-electron chi connectivity index (χ3n) is 7.06. The molecule has 1 amide bonds. The van der Waals surface area contributed by atoms with Gasteiger partial charge in [-0.1, -0.05) is 116 Å². The number of carbonyl (C=O) groups is 3. The van der Waals surface area contributed by atoms with Crippen LogP contribution in [0.5, 0.6) is 0 Å². The van der Waals surface area contributed by atoms with Crippen LogP contribution in [-0.4, -0.2) is 43.7 Å². The first kappa shape index (κ1) is 48.9. The molecule has 0 bridgehead atoms. The number of nitrogens with one attached hydrogen (secondary N) is 1. The molecule has 0 spiro atoms. The zero-order valence-corrected chi connectivity index (χ0v) is 33.3. The van der Waals surface area contributed by atoms with Crippen LogP contribution in [0.15, 0.2) is 0 Å². The molecule has 0 aliphatic heterocycles. The number of phosphoric ester groups is 1. The molecule has 13 heteroatoms. The molecule has 0 aliphatic carbocycles. The fourth-order valence-corrected chi connectivity index (χ4v) is 4.97. The first-order valence-electron chi connectivity index (χ1n) is 16.4. The summed E-state index contributed by atoms with van der Waals surface area (Å²) < 4.78 is 25.6. The van der Waals surface area contributed by atoms with Crippen molar-refractivity contribution in [2.24, 2.45) is 0 Å². The van der Waals surface area contributed by atoms with E-state index in [1.54, 1.807) is 0 Å². The molecule has 44 heavy (non-hydrogen) atoms. The summed E-state index contributed by atoms with van der Waals surface area (Å²) in [6.45, 7) is 3.44. The van der Waals surface area contributed by atoms with Crippen molar-refractivity contribution in [3.05, 3.63) is 0 Å². The average molecular weight is 666 g/mol. The maximum absolute atomic E-state index is 12.2. The van der Waals surface area contributed by atoms with Gasteiger partial charge in [0.1, 0.15) is 6.61 Å². The van der Waals surface area contributed by atoms with Gasteiger partial charge in [0.15, 0.2) is 6.10 Å². The van der Waals surface area contributed by atoms with Gasteiger partial charge in [-0.3, -0.25) is 14.4 Å². The number of amides is 1. The fourth-order valence-electron chi connectivity index (χ4n) is 4.62. The van der Waals surface area contributed by atoms with E-state index in [4.69, 9.17) is 9.47 Å². The molecule has 0 unspecified atom stereocenters. The van der Waals surface area contributed by atoms with Crippen molar-refractivity contribution in [3.63, 3.8) is 0 Å². The van der Waals surface area contributed by atoms with Crippen LogP contribution < -0.4 is 74.2 Å². The molecular weight excluding hydrogens is 607 g/mol. The standard InChI is InChI=1S/C31H60NO9P.2Na/c1-3-4-5-6-7-8-9-11-15-18-21-24-31(35)41-29(27-40-42(36,37)38)26-39-30(34)23-20-17-14-12-10-13-16-19-22-25-32-28(2)33;;/h29H,3-27H2,1-2H3,(H,32,33)(H2,36,37,38);;/q;2*+1/p-2/t29-;;/m1../s1. The van der Waals surface area contributed by atoms with Crippen molar-refractivity contribution >= 4 is 25.7 Å². The van der Waals surface area contributed by atoms with E-state index in [9.17, 15) is 28.7 Å². The molecule has 0 aromatic rings. The Kier molecular flexibility index (Phi) is 38.7. The van der Waals surface area contributed by atoms with E-state index >= 15 is 0 Å². The van der Waals surface area contributed by atoms with Gasteiger partial charge in [-0.25, -0.2) is 0 Å².